The molecule has 23 heavy (non-hydrogen) atoms. The average molecular weight is 318 g/mol. The molecule has 0 saturated carbocycles. The van der Waals surface area contributed by atoms with Gasteiger partial charge in [-0.05, 0) is 50.8 Å². The topological polar surface area (TPSA) is 44.7 Å². The van der Waals surface area contributed by atoms with E-state index < -0.39 is 0 Å². The maximum Gasteiger partial charge on any atom is 0.124 e. The van der Waals surface area contributed by atoms with Gasteiger partial charge in [-0.15, -0.1) is 0 Å². The van der Waals surface area contributed by atoms with Gasteiger partial charge < -0.3 is 20.1 Å². The summed E-state index contributed by atoms with van der Waals surface area (Å²) < 4.78 is 5.81. The molecule has 1 fully saturated rings. The van der Waals surface area contributed by atoms with E-state index in [1.165, 1.54) is 18.4 Å². The molecule has 4 heteroatoms. The van der Waals surface area contributed by atoms with E-state index >= 15 is 0 Å². The molecule has 0 spiro atoms. The number of para-hydroxylation sites is 1. The van der Waals surface area contributed by atoms with E-state index in [-0.39, 0.29) is 12.1 Å². The van der Waals surface area contributed by atoms with Gasteiger partial charge in [0.2, 0.25) is 0 Å². The summed E-state index contributed by atoms with van der Waals surface area (Å²) in [6.07, 6.45) is 4.32. The van der Waals surface area contributed by atoms with Crippen molar-refractivity contribution in [2.75, 3.05) is 32.8 Å². The number of hydrogen-bond donors (Lipinski definition) is 2. The summed E-state index contributed by atoms with van der Waals surface area (Å²) in [5, 5.41) is 13.9. The van der Waals surface area contributed by atoms with Gasteiger partial charge in [-0.2, -0.15) is 0 Å². The van der Waals surface area contributed by atoms with Crippen molar-refractivity contribution < 1.29 is 9.84 Å². The summed E-state index contributed by atoms with van der Waals surface area (Å²) in [6.45, 7) is 6.77. The molecule has 2 atom stereocenters. The molecule has 128 valence electrons. The van der Waals surface area contributed by atoms with Crippen LogP contribution in [0.5, 0.6) is 5.75 Å². The van der Waals surface area contributed by atoms with Crippen LogP contribution in [0.15, 0.2) is 24.3 Å². The Hall–Kier alpha value is -1.10. The lowest BCUT2D eigenvalue weighted by Gasteiger charge is -2.32. The van der Waals surface area contributed by atoms with Gasteiger partial charge in [0.1, 0.15) is 5.75 Å². The van der Waals surface area contributed by atoms with Crippen molar-refractivity contribution in [3.05, 3.63) is 29.8 Å². The fraction of sp³-hybridized carbons (Fsp3) is 0.684. The van der Waals surface area contributed by atoms with E-state index in [4.69, 9.17) is 4.74 Å². The monoisotopic (exact) mass is 318 g/mol. The van der Waals surface area contributed by atoms with Crippen molar-refractivity contribution >= 4 is 0 Å². The summed E-state index contributed by atoms with van der Waals surface area (Å²) in [5.41, 5.74) is 1.23. The van der Waals surface area contributed by atoms with E-state index in [0.717, 1.165) is 50.8 Å². The van der Waals surface area contributed by atoms with Gasteiger partial charge >= 0.3 is 0 Å². The number of β-amino-alcohol motifs (C(OH)–C–C–N with tert-alkyl or cyclic N) is 1. The third-order valence-electron chi connectivity index (χ3n) is 5.13. The first-order chi connectivity index (χ1) is 11.2. The number of hydrogen-bond acceptors (Lipinski definition) is 4. The van der Waals surface area contributed by atoms with Gasteiger partial charge in [-0.1, -0.05) is 25.1 Å². The van der Waals surface area contributed by atoms with Crippen molar-refractivity contribution in [1.29, 1.82) is 0 Å². The third kappa shape index (κ3) is 4.69. The molecule has 2 aliphatic heterocycles. The molecule has 2 heterocycles. The van der Waals surface area contributed by atoms with Crippen LogP contribution >= 0.6 is 0 Å². The molecule has 0 aliphatic carbocycles. The van der Waals surface area contributed by atoms with E-state index in [0.29, 0.717) is 6.54 Å². The molecular weight excluding hydrogens is 288 g/mol. The predicted molar refractivity (Wildman–Crippen MR) is 92.8 cm³/mol. The van der Waals surface area contributed by atoms with Crippen molar-refractivity contribution in [3.8, 4) is 5.75 Å². The number of ether oxygens (including phenoxy) is 1. The minimum Gasteiger partial charge on any atom is -0.493 e. The number of aliphatic hydroxyl groups is 1. The molecule has 2 N–H and O–H groups in total. The standard InChI is InChI=1S/C19H30N2O2/c1-15-8-10-21(11-9-15)14-16(22)13-20-18-6-4-12-23-19-7-3-2-5-17(18)19/h2-3,5,7,15-16,18,20,22H,4,6,8-14H2,1H3. The molecule has 0 amide bonds. The highest BCUT2D eigenvalue weighted by Crippen LogP contribution is 2.31. The largest absolute Gasteiger partial charge is 0.493 e. The van der Waals surface area contributed by atoms with Crippen LogP contribution in [-0.4, -0.2) is 48.9 Å². The minimum absolute atomic E-state index is 0.282. The summed E-state index contributed by atoms with van der Waals surface area (Å²) in [5.74, 6) is 1.83. The van der Waals surface area contributed by atoms with Gasteiger partial charge in [0, 0.05) is 24.7 Å². The van der Waals surface area contributed by atoms with Crippen LogP contribution in [-0.2, 0) is 0 Å². The Bertz CT molecular complexity index is 486. The fourth-order valence-electron chi connectivity index (χ4n) is 3.62. The van der Waals surface area contributed by atoms with Crippen LogP contribution in [0.4, 0.5) is 0 Å². The van der Waals surface area contributed by atoms with Crippen molar-refractivity contribution in [2.24, 2.45) is 5.92 Å². The molecule has 0 bridgehead atoms. The van der Waals surface area contributed by atoms with Crippen molar-refractivity contribution in [3.63, 3.8) is 0 Å². The number of benzene rings is 1. The first-order valence-corrected chi connectivity index (χ1v) is 9.08. The number of likely N-dealkylation sites (tertiary alicyclic amines) is 1. The van der Waals surface area contributed by atoms with Crippen molar-refractivity contribution in [2.45, 2.75) is 44.8 Å². The molecule has 1 saturated heterocycles. The number of aliphatic hydroxyl groups excluding tert-OH is 1. The summed E-state index contributed by atoms with van der Waals surface area (Å²) >= 11 is 0. The molecule has 1 aromatic rings. The van der Waals surface area contributed by atoms with Gasteiger partial charge in [0.25, 0.3) is 0 Å². The number of nitrogens with zero attached hydrogens (tertiary/aromatic N) is 1. The van der Waals surface area contributed by atoms with Gasteiger partial charge in [0.05, 0.1) is 12.7 Å². The molecule has 4 nitrogen and oxygen atoms in total. The molecule has 0 aromatic heterocycles. The zero-order chi connectivity index (χ0) is 16.1. The highest BCUT2D eigenvalue weighted by molar-refractivity contribution is 5.36. The maximum absolute atomic E-state index is 10.4. The first kappa shape index (κ1) is 16.7. The lowest BCUT2D eigenvalue weighted by molar-refractivity contribution is 0.0886. The Morgan fingerprint density at radius 2 is 2.04 bits per heavy atom. The van der Waals surface area contributed by atoms with Crippen LogP contribution in [0.25, 0.3) is 0 Å². The molecule has 2 unspecified atom stereocenters. The Morgan fingerprint density at radius 1 is 1.26 bits per heavy atom. The smallest absolute Gasteiger partial charge is 0.124 e. The molecule has 3 rings (SSSR count). The number of fused-ring (bicyclic) bond motifs is 1. The van der Waals surface area contributed by atoms with Crippen molar-refractivity contribution in [1.82, 2.24) is 10.2 Å². The molecule has 1 aromatic carbocycles. The average Bonchev–Trinajstić information content (AvgIpc) is 2.77. The Balaban J connectivity index is 1.49. The lowest BCUT2D eigenvalue weighted by Crippen LogP contribution is -2.42. The van der Waals surface area contributed by atoms with Crippen LogP contribution in [0.1, 0.15) is 44.2 Å². The van der Waals surface area contributed by atoms with Crippen LogP contribution in [0, 0.1) is 5.92 Å². The van der Waals surface area contributed by atoms with Crippen LogP contribution in [0.2, 0.25) is 0 Å². The SMILES string of the molecule is CC1CCN(CC(O)CNC2CCCOc3ccccc32)CC1. The molecule has 2 aliphatic rings. The fourth-order valence-corrected chi connectivity index (χ4v) is 3.62. The quantitative estimate of drug-likeness (QED) is 0.876. The summed E-state index contributed by atoms with van der Waals surface area (Å²) in [7, 11) is 0. The number of piperidine rings is 1. The summed E-state index contributed by atoms with van der Waals surface area (Å²) in [4.78, 5) is 2.40. The predicted octanol–water partition coefficient (Wildman–Crippen LogP) is 2.58. The number of rotatable bonds is 5. The van der Waals surface area contributed by atoms with E-state index in [2.05, 4.69) is 29.3 Å². The maximum atomic E-state index is 10.4. The lowest BCUT2D eigenvalue weighted by atomic mass is 9.99. The highest BCUT2D eigenvalue weighted by Gasteiger charge is 2.22. The van der Waals surface area contributed by atoms with E-state index in [1.54, 1.807) is 0 Å². The minimum atomic E-state index is -0.306. The normalized spacial score (nSPS) is 24.5. The van der Waals surface area contributed by atoms with E-state index in [1.807, 2.05) is 12.1 Å². The van der Waals surface area contributed by atoms with Crippen LogP contribution in [0.3, 0.4) is 0 Å². The molecular formula is C19H30N2O2. The Kier molecular flexibility index (Phi) is 5.92. The van der Waals surface area contributed by atoms with Gasteiger partial charge in [-0.3, -0.25) is 0 Å². The van der Waals surface area contributed by atoms with Gasteiger partial charge in [0.15, 0.2) is 0 Å². The first-order valence-electron chi connectivity index (χ1n) is 9.08. The second kappa shape index (κ2) is 8.13. The zero-order valence-electron chi connectivity index (χ0n) is 14.2. The Morgan fingerprint density at radius 3 is 2.87 bits per heavy atom. The second-order valence-electron chi connectivity index (χ2n) is 7.13. The molecule has 0 radical (unpaired) electrons. The highest BCUT2D eigenvalue weighted by atomic mass is 16.5. The van der Waals surface area contributed by atoms with Gasteiger partial charge in [-0.25, -0.2) is 0 Å². The Labute approximate surface area is 139 Å². The van der Waals surface area contributed by atoms with E-state index in [9.17, 15) is 5.11 Å². The second-order valence-corrected chi connectivity index (χ2v) is 7.13. The third-order valence-corrected chi connectivity index (χ3v) is 5.13. The summed E-state index contributed by atoms with van der Waals surface area (Å²) in [6, 6.07) is 8.54. The zero-order valence-corrected chi connectivity index (χ0v) is 14.2. The number of nitrogens with one attached hydrogen (secondary N) is 1. The van der Waals surface area contributed by atoms with Crippen LogP contribution < -0.4 is 10.1 Å².